The monoisotopic (exact) mass is 192 g/mol. The molecule has 0 saturated carbocycles. The molecule has 78 valence electrons. The molecule has 2 atom stereocenters. The number of hydrogen-bond acceptors (Lipinski definition) is 1. The normalized spacial score (nSPS) is 16.4. The third-order valence-electron chi connectivity index (χ3n) is 3.49. The van der Waals surface area contributed by atoms with Crippen LogP contribution in [0.15, 0.2) is 30.3 Å². The average molecular weight is 192 g/mol. The molecule has 0 aliphatic rings. The summed E-state index contributed by atoms with van der Waals surface area (Å²) >= 11 is 0. The molecule has 0 aliphatic heterocycles. The molecule has 0 radical (unpaired) electrons. The molecule has 1 N–H and O–H groups in total. The van der Waals surface area contributed by atoms with Crippen LogP contribution in [0.4, 0.5) is 0 Å². The molecule has 1 aromatic rings. The van der Waals surface area contributed by atoms with Crippen molar-refractivity contribution < 1.29 is 5.11 Å². The minimum atomic E-state index is -0.294. The van der Waals surface area contributed by atoms with Crippen molar-refractivity contribution in [1.29, 1.82) is 0 Å². The highest BCUT2D eigenvalue weighted by atomic mass is 16.3. The zero-order valence-electron chi connectivity index (χ0n) is 9.49. The van der Waals surface area contributed by atoms with E-state index in [0.717, 1.165) is 0 Å². The lowest BCUT2D eigenvalue weighted by atomic mass is 9.73. The van der Waals surface area contributed by atoms with Gasteiger partial charge in [0.1, 0.15) is 0 Å². The number of benzene rings is 1. The molecule has 14 heavy (non-hydrogen) atoms. The highest BCUT2D eigenvalue weighted by Crippen LogP contribution is 2.37. The Morgan fingerprint density at radius 1 is 1.07 bits per heavy atom. The lowest BCUT2D eigenvalue weighted by Crippen LogP contribution is -2.31. The molecule has 0 fully saturated rings. The summed E-state index contributed by atoms with van der Waals surface area (Å²) in [6.45, 7) is 8.24. The maximum Gasteiger partial charge on any atom is 0.0568 e. The van der Waals surface area contributed by atoms with E-state index in [0.29, 0.717) is 5.92 Å². The molecule has 1 rings (SSSR count). The zero-order chi connectivity index (χ0) is 10.8. The minimum Gasteiger partial charge on any atom is -0.393 e. The van der Waals surface area contributed by atoms with Gasteiger partial charge in [0.05, 0.1) is 6.10 Å². The van der Waals surface area contributed by atoms with Crippen molar-refractivity contribution in [1.82, 2.24) is 0 Å². The number of aliphatic hydroxyl groups is 1. The van der Waals surface area contributed by atoms with E-state index in [-0.39, 0.29) is 11.5 Å². The second-order valence-electron chi connectivity index (χ2n) is 4.63. The highest BCUT2D eigenvalue weighted by Gasteiger charge is 2.31. The van der Waals surface area contributed by atoms with Crippen molar-refractivity contribution in [3.05, 3.63) is 35.9 Å². The Morgan fingerprint density at radius 2 is 1.57 bits per heavy atom. The SMILES string of the molecule is C[C@H](O)C(C)(C)[C@H](C)c1ccccc1. The van der Waals surface area contributed by atoms with Crippen molar-refractivity contribution in [3.63, 3.8) is 0 Å². The fourth-order valence-electron chi connectivity index (χ4n) is 1.53. The van der Waals surface area contributed by atoms with E-state index < -0.39 is 0 Å². The van der Waals surface area contributed by atoms with Crippen molar-refractivity contribution in [2.24, 2.45) is 5.41 Å². The fraction of sp³-hybridized carbons (Fsp3) is 0.538. The van der Waals surface area contributed by atoms with E-state index in [4.69, 9.17) is 0 Å². The van der Waals surface area contributed by atoms with E-state index in [1.165, 1.54) is 5.56 Å². The summed E-state index contributed by atoms with van der Waals surface area (Å²) in [4.78, 5) is 0. The average Bonchev–Trinajstić information content (AvgIpc) is 2.17. The van der Waals surface area contributed by atoms with Gasteiger partial charge in [0.25, 0.3) is 0 Å². The first kappa shape index (κ1) is 11.3. The topological polar surface area (TPSA) is 20.2 Å². The van der Waals surface area contributed by atoms with E-state index in [1.807, 2.05) is 25.1 Å². The van der Waals surface area contributed by atoms with E-state index in [2.05, 4.69) is 32.9 Å². The number of aliphatic hydroxyl groups excluding tert-OH is 1. The van der Waals surface area contributed by atoms with Crippen LogP contribution < -0.4 is 0 Å². The standard InChI is InChI=1S/C13H20O/c1-10(13(3,4)11(2)14)12-8-6-5-7-9-12/h5-11,14H,1-4H3/t10-,11+/m1/s1. The molecule has 1 nitrogen and oxygen atoms in total. The van der Waals surface area contributed by atoms with Crippen molar-refractivity contribution in [2.75, 3.05) is 0 Å². The molecular formula is C13H20O. The van der Waals surface area contributed by atoms with Gasteiger partial charge in [-0.2, -0.15) is 0 Å². The first-order valence-corrected chi connectivity index (χ1v) is 5.19. The predicted molar refractivity (Wildman–Crippen MR) is 60.3 cm³/mol. The molecule has 0 aromatic heterocycles. The van der Waals surface area contributed by atoms with Crippen LogP contribution in [0.1, 0.15) is 39.2 Å². The van der Waals surface area contributed by atoms with Crippen molar-refractivity contribution >= 4 is 0 Å². The van der Waals surface area contributed by atoms with Crippen LogP contribution >= 0.6 is 0 Å². The van der Waals surface area contributed by atoms with Gasteiger partial charge in [0.15, 0.2) is 0 Å². The molecule has 0 heterocycles. The maximum absolute atomic E-state index is 9.71. The molecule has 0 spiro atoms. The van der Waals surface area contributed by atoms with Gasteiger partial charge in [0, 0.05) is 0 Å². The van der Waals surface area contributed by atoms with Crippen molar-refractivity contribution in [3.8, 4) is 0 Å². The summed E-state index contributed by atoms with van der Waals surface area (Å²) in [7, 11) is 0. The maximum atomic E-state index is 9.71. The van der Waals surface area contributed by atoms with E-state index in [9.17, 15) is 5.11 Å². The lowest BCUT2D eigenvalue weighted by Gasteiger charge is -2.35. The van der Waals surface area contributed by atoms with Crippen LogP contribution in [0.2, 0.25) is 0 Å². The van der Waals surface area contributed by atoms with Gasteiger partial charge in [-0.1, -0.05) is 51.1 Å². The Morgan fingerprint density at radius 3 is 2.00 bits per heavy atom. The van der Waals surface area contributed by atoms with Crippen LogP contribution in [0.3, 0.4) is 0 Å². The van der Waals surface area contributed by atoms with Gasteiger partial charge >= 0.3 is 0 Å². The molecule has 1 heteroatoms. The molecule has 0 aliphatic carbocycles. The van der Waals surface area contributed by atoms with E-state index >= 15 is 0 Å². The summed E-state index contributed by atoms with van der Waals surface area (Å²) < 4.78 is 0. The third-order valence-corrected chi connectivity index (χ3v) is 3.49. The Labute approximate surface area is 86.8 Å². The molecule has 0 bridgehead atoms. The summed E-state index contributed by atoms with van der Waals surface area (Å²) in [6.07, 6.45) is -0.294. The summed E-state index contributed by atoms with van der Waals surface area (Å²) in [5.41, 5.74) is 1.21. The highest BCUT2D eigenvalue weighted by molar-refractivity contribution is 5.21. The number of hydrogen-bond donors (Lipinski definition) is 1. The quantitative estimate of drug-likeness (QED) is 0.779. The van der Waals surface area contributed by atoms with Crippen LogP contribution in [0, 0.1) is 5.41 Å². The second-order valence-corrected chi connectivity index (χ2v) is 4.63. The molecule has 0 saturated heterocycles. The van der Waals surface area contributed by atoms with Gasteiger partial charge in [-0.15, -0.1) is 0 Å². The van der Waals surface area contributed by atoms with Crippen molar-refractivity contribution in [2.45, 2.75) is 39.7 Å². The molecule has 0 amide bonds. The van der Waals surface area contributed by atoms with Gasteiger partial charge in [-0.25, -0.2) is 0 Å². The first-order valence-electron chi connectivity index (χ1n) is 5.19. The van der Waals surface area contributed by atoms with Crippen LogP contribution in [0.25, 0.3) is 0 Å². The Kier molecular flexibility index (Phi) is 3.33. The molecule has 0 unspecified atom stereocenters. The third kappa shape index (κ3) is 2.16. The lowest BCUT2D eigenvalue weighted by molar-refractivity contribution is 0.0490. The first-order chi connectivity index (χ1) is 6.46. The van der Waals surface area contributed by atoms with E-state index in [1.54, 1.807) is 0 Å². The smallest absolute Gasteiger partial charge is 0.0568 e. The van der Waals surface area contributed by atoms with Gasteiger partial charge in [0.2, 0.25) is 0 Å². The Balaban J connectivity index is 2.90. The van der Waals surface area contributed by atoms with Crippen LogP contribution in [0.5, 0.6) is 0 Å². The van der Waals surface area contributed by atoms with Crippen LogP contribution in [-0.4, -0.2) is 11.2 Å². The van der Waals surface area contributed by atoms with Gasteiger partial charge in [-0.05, 0) is 23.8 Å². The molecule has 1 aromatic carbocycles. The molecular weight excluding hydrogens is 172 g/mol. The Bertz CT molecular complexity index is 275. The fourth-order valence-corrected chi connectivity index (χ4v) is 1.53. The number of rotatable bonds is 3. The summed E-state index contributed by atoms with van der Waals surface area (Å²) in [5.74, 6) is 0.365. The predicted octanol–water partition coefficient (Wildman–Crippen LogP) is 3.20. The van der Waals surface area contributed by atoms with Gasteiger partial charge < -0.3 is 5.11 Å². The zero-order valence-corrected chi connectivity index (χ0v) is 9.49. The summed E-state index contributed by atoms with van der Waals surface area (Å²) in [6, 6.07) is 10.4. The Hall–Kier alpha value is -0.820. The second kappa shape index (κ2) is 4.14. The van der Waals surface area contributed by atoms with Gasteiger partial charge in [-0.3, -0.25) is 0 Å². The minimum absolute atomic E-state index is 0.0820. The van der Waals surface area contributed by atoms with Crippen LogP contribution in [-0.2, 0) is 0 Å². The summed E-state index contributed by atoms with van der Waals surface area (Å²) in [5, 5.41) is 9.71. The largest absolute Gasteiger partial charge is 0.393 e.